The quantitative estimate of drug-likeness (QED) is 0.789. The summed E-state index contributed by atoms with van der Waals surface area (Å²) in [6.07, 6.45) is 0. The third-order valence-corrected chi connectivity index (χ3v) is 4.33. The van der Waals surface area contributed by atoms with Crippen LogP contribution in [-0.2, 0) is 0 Å². The van der Waals surface area contributed by atoms with E-state index in [1.807, 2.05) is 31.2 Å². The summed E-state index contributed by atoms with van der Waals surface area (Å²) >= 11 is 12.2. The summed E-state index contributed by atoms with van der Waals surface area (Å²) in [5.74, 6) is 0.714. The maximum atomic E-state index is 12.1. The van der Waals surface area contributed by atoms with Crippen molar-refractivity contribution < 1.29 is 4.79 Å². The van der Waals surface area contributed by atoms with Crippen molar-refractivity contribution in [2.24, 2.45) is 4.99 Å². The Morgan fingerprint density at radius 2 is 1.92 bits per heavy atom. The van der Waals surface area contributed by atoms with Crippen molar-refractivity contribution in [2.45, 2.75) is 6.92 Å². The van der Waals surface area contributed by atoms with E-state index in [4.69, 9.17) is 23.4 Å². The predicted molar refractivity (Wildman–Crippen MR) is 99.2 cm³/mol. The van der Waals surface area contributed by atoms with Crippen molar-refractivity contribution in [1.29, 1.82) is 0 Å². The fraction of sp³-hybridized carbons (Fsp3) is 0.176. The molecule has 2 aromatic carbocycles. The lowest BCUT2D eigenvalue weighted by Gasteiger charge is -2.12. The highest BCUT2D eigenvalue weighted by Crippen LogP contribution is 2.21. The van der Waals surface area contributed by atoms with Gasteiger partial charge in [0.2, 0.25) is 0 Å². The van der Waals surface area contributed by atoms with Gasteiger partial charge in [0, 0.05) is 33.7 Å². The summed E-state index contributed by atoms with van der Waals surface area (Å²) < 4.78 is 1.58. The monoisotopic (exact) mass is 362 g/mol. The van der Waals surface area contributed by atoms with Crippen molar-refractivity contribution >= 4 is 46.6 Å². The number of rotatable bonds is 3. The van der Waals surface area contributed by atoms with Crippen molar-refractivity contribution in [3.8, 4) is 0 Å². The molecule has 0 unspecified atom stereocenters. The van der Waals surface area contributed by atoms with E-state index >= 15 is 0 Å². The number of hydrogen-bond donors (Lipinski definition) is 2. The number of halogens is 2. The minimum Gasteiger partial charge on any atom is -0.308 e. The van der Waals surface area contributed by atoms with Gasteiger partial charge in [-0.15, -0.1) is 0 Å². The van der Waals surface area contributed by atoms with Crippen LogP contribution in [0.25, 0.3) is 0 Å². The minimum atomic E-state index is -0.344. The van der Waals surface area contributed by atoms with Crippen LogP contribution in [0.2, 0.25) is 5.02 Å². The molecule has 0 aliphatic carbocycles. The first-order chi connectivity index (χ1) is 11.5. The number of amidine groups is 1. The smallest absolute Gasteiger partial charge is 0.308 e. The maximum absolute atomic E-state index is 12.1. The van der Waals surface area contributed by atoms with Gasteiger partial charge in [-0.25, -0.2) is 4.79 Å². The van der Waals surface area contributed by atoms with Gasteiger partial charge in [0.1, 0.15) is 5.84 Å². The van der Waals surface area contributed by atoms with E-state index in [2.05, 4.69) is 15.6 Å². The molecular weight excluding hydrogens is 347 g/mol. The highest BCUT2D eigenvalue weighted by Gasteiger charge is 2.17. The predicted octanol–water partition coefficient (Wildman–Crippen LogP) is 4.51. The number of benzene rings is 2. The summed E-state index contributed by atoms with van der Waals surface area (Å²) in [6, 6.07) is 12.4. The zero-order valence-corrected chi connectivity index (χ0v) is 14.5. The average Bonchev–Trinajstić information content (AvgIpc) is 2.97. The SMILES string of the molecule is Cc1ccc(NC(=O)Nc2cccc(C3=NCCN3Cl)c2)cc1Cl. The Balaban J connectivity index is 1.69. The van der Waals surface area contributed by atoms with Crippen molar-refractivity contribution in [3.05, 3.63) is 58.6 Å². The Kier molecular flexibility index (Phi) is 4.92. The van der Waals surface area contributed by atoms with Crippen molar-refractivity contribution in [2.75, 3.05) is 23.7 Å². The second kappa shape index (κ2) is 7.11. The summed E-state index contributed by atoms with van der Waals surface area (Å²) in [7, 11) is 0. The molecule has 0 radical (unpaired) electrons. The number of carbonyl (C=O) groups is 1. The van der Waals surface area contributed by atoms with Gasteiger partial charge in [-0.05, 0) is 36.8 Å². The Morgan fingerprint density at radius 1 is 1.17 bits per heavy atom. The van der Waals surface area contributed by atoms with E-state index in [9.17, 15) is 4.79 Å². The first-order valence-corrected chi connectivity index (χ1v) is 8.17. The van der Waals surface area contributed by atoms with Crippen LogP contribution in [0.3, 0.4) is 0 Å². The van der Waals surface area contributed by atoms with E-state index < -0.39 is 0 Å². The average molecular weight is 363 g/mol. The number of amides is 2. The highest BCUT2D eigenvalue weighted by atomic mass is 35.5. The second-order valence-electron chi connectivity index (χ2n) is 5.41. The zero-order chi connectivity index (χ0) is 17.1. The number of aryl methyl sites for hydroxylation is 1. The fourth-order valence-electron chi connectivity index (χ4n) is 2.36. The Morgan fingerprint density at radius 3 is 2.58 bits per heavy atom. The van der Waals surface area contributed by atoms with Gasteiger partial charge < -0.3 is 10.6 Å². The molecule has 0 spiro atoms. The molecule has 2 amide bonds. The molecule has 7 heteroatoms. The molecule has 1 heterocycles. The number of hydrogen-bond acceptors (Lipinski definition) is 3. The minimum absolute atomic E-state index is 0.344. The lowest BCUT2D eigenvalue weighted by atomic mass is 10.2. The third-order valence-electron chi connectivity index (χ3n) is 3.60. The normalized spacial score (nSPS) is 13.6. The molecular formula is C17H16Cl2N4O. The largest absolute Gasteiger partial charge is 0.323 e. The third kappa shape index (κ3) is 3.80. The number of nitrogens with one attached hydrogen (secondary N) is 2. The van der Waals surface area contributed by atoms with E-state index in [0.717, 1.165) is 11.1 Å². The summed E-state index contributed by atoms with van der Waals surface area (Å²) in [5.41, 5.74) is 3.10. The molecule has 2 aromatic rings. The van der Waals surface area contributed by atoms with Crippen LogP contribution in [0.1, 0.15) is 11.1 Å². The standard InChI is InChI=1S/C17H16Cl2N4O/c1-11-5-6-14(10-15(11)18)22-17(24)21-13-4-2-3-12(9-13)16-20-7-8-23(16)19/h2-6,9-10H,7-8H2,1H3,(H2,21,22,24). The van der Waals surface area contributed by atoms with Crippen LogP contribution in [0.15, 0.2) is 47.5 Å². The van der Waals surface area contributed by atoms with Crippen LogP contribution in [0.4, 0.5) is 16.2 Å². The van der Waals surface area contributed by atoms with Crippen LogP contribution in [-0.4, -0.2) is 29.4 Å². The summed E-state index contributed by atoms with van der Waals surface area (Å²) in [5, 5.41) is 6.16. The Bertz CT molecular complexity index is 807. The molecule has 0 saturated carbocycles. The van der Waals surface area contributed by atoms with Crippen LogP contribution in [0.5, 0.6) is 0 Å². The highest BCUT2D eigenvalue weighted by molar-refractivity contribution is 6.31. The number of aliphatic imine (C=N–C) groups is 1. The van der Waals surface area contributed by atoms with Gasteiger partial charge in [-0.2, -0.15) is 0 Å². The molecule has 0 bridgehead atoms. The zero-order valence-electron chi connectivity index (χ0n) is 13.0. The molecule has 1 aliphatic rings. The molecule has 124 valence electrons. The first kappa shape index (κ1) is 16.6. The lowest BCUT2D eigenvalue weighted by molar-refractivity contribution is 0.262. The van der Waals surface area contributed by atoms with Gasteiger partial charge in [0.25, 0.3) is 0 Å². The topological polar surface area (TPSA) is 56.7 Å². The molecule has 24 heavy (non-hydrogen) atoms. The van der Waals surface area contributed by atoms with E-state index in [1.54, 1.807) is 22.6 Å². The van der Waals surface area contributed by atoms with Crippen LogP contribution in [0, 0.1) is 6.92 Å². The lowest BCUT2D eigenvalue weighted by Crippen LogP contribution is -2.20. The number of nitrogens with zero attached hydrogens (tertiary/aromatic N) is 2. The molecule has 0 aromatic heterocycles. The molecule has 1 aliphatic heterocycles. The van der Waals surface area contributed by atoms with Gasteiger partial charge in [-0.1, -0.05) is 29.8 Å². The summed E-state index contributed by atoms with van der Waals surface area (Å²) in [6.45, 7) is 3.26. The number of carbonyl (C=O) groups excluding carboxylic acids is 1. The van der Waals surface area contributed by atoms with E-state index in [1.165, 1.54) is 0 Å². The summed E-state index contributed by atoms with van der Waals surface area (Å²) in [4.78, 5) is 16.5. The molecule has 0 fully saturated rings. The van der Waals surface area contributed by atoms with Crippen LogP contribution >= 0.6 is 23.4 Å². The number of urea groups is 1. The molecule has 0 saturated heterocycles. The Labute approximate surface area is 150 Å². The van der Waals surface area contributed by atoms with E-state index in [-0.39, 0.29) is 6.03 Å². The molecule has 3 rings (SSSR count). The molecule has 5 nitrogen and oxygen atoms in total. The van der Waals surface area contributed by atoms with Crippen molar-refractivity contribution in [3.63, 3.8) is 0 Å². The maximum Gasteiger partial charge on any atom is 0.323 e. The van der Waals surface area contributed by atoms with Crippen molar-refractivity contribution in [1.82, 2.24) is 4.42 Å². The fourth-order valence-corrected chi connectivity index (χ4v) is 2.76. The number of anilines is 2. The molecule has 2 N–H and O–H groups in total. The first-order valence-electron chi connectivity index (χ1n) is 7.45. The van der Waals surface area contributed by atoms with Gasteiger partial charge in [0.05, 0.1) is 13.1 Å². The Hall–Kier alpha value is -2.24. The second-order valence-corrected chi connectivity index (χ2v) is 6.23. The van der Waals surface area contributed by atoms with E-state index in [0.29, 0.717) is 35.3 Å². The van der Waals surface area contributed by atoms with Gasteiger partial charge in [0.15, 0.2) is 0 Å². The van der Waals surface area contributed by atoms with Gasteiger partial charge in [-0.3, -0.25) is 9.41 Å². The van der Waals surface area contributed by atoms with Crippen LogP contribution < -0.4 is 10.6 Å². The molecule has 0 atom stereocenters. The van der Waals surface area contributed by atoms with Gasteiger partial charge >= 0.3 is 6.03 Å².